The van der Waals surface area contributed by atoms with Gasteiger partial charge in [0.15, 0.2) is 5.16 Å². The van der Waals surface area contributed by atoms with Gasteiger partial charge < -0.3 is 10.1 Å². The van der Waals surface area contributed by atoms with E-state index in [9.17, 15) is 4.79 Å². The Hall–Kier alpha value is -2.08. The number of aryl methyl sites for hydroxylation is 1. The molecule has 1 heterocycles. The van der Waals surface area contributed by atoms with Gasteiger partial charge in [-0.25, -0.2) is 9.97 Å². The third kappa shape index (κ3) is 4.26. The minimum absolute atomic E-state index is 0.177. The number of nitrogens with zero attached hydrogens (tertiary/aromatic N) is 2. The van der Waals surface area contributed by atoms with Crippen LogP contribution in [0.5, 0.6) is 5.75 Å². The predicted molar refractivity (Wildman–Crippen MR) is 96.8 cm³/mol. The lowest BCUT2D eigenvalue weighted by molar-refractivity contribution is 0.0950. The Kier molecular flexibility index (Phi) is 6.20. The van der Waals surface area contributed by atoms with Gasteiger partial charge in [0.05, 0.1) is 12.7 Å². The number of carbonyl (C=O) groups is 1. The summed E-state index contributed by atoms with van der Waals surface area (Å²) in [7, 11) is 1.68. The van der Waals surface area contributed by atoms with Crippen molar-refractivity contribution in [3.05, 3.63) is 46.8 Å². The molecule has 0 aliphatic carbocycles. The molecule has 0 atom stereocenters. The first-order valence-electron chi connectivity index (χ1n) is 7.78. The van der Waals surface area contributed by atoms with Crippen molar-refractivity contribution in [1.29, 1.82) is 0 Å². The number of nitrogens with one attached hydrogen (secondary N) is 1. The van der Waals surface area contributed by atoms with E-state index in [1.54, 1.807) is 19.5 Å². The van der Waals surface area contributed by atoms with E-state index in [0.717, 1.165) is 22.4 Å². The minimum atomic E-state index is -0.177. The highest BCUT2D eigenvalue weighted by Crippen LogP contribution is 2.29. The average molecular weight is 345 g/mol. The molecule has 0 saturated heterocycles. The first-order chi connectivity index (χ1) is 11.5. The molecule has 0 fully saturated rings. The van der Waals surface area contributed by atoms with Gasteiger partial charge in [0.2, 0.25) is 0 Å². The largest absolute Gasteiger partial charge is 0.496 e. The number of amides is 1. The fourth-order valence-corrected chi connectivity index (χ4v) is 2.70. The summed E-state index contributed by atoms with van der Waals surface area (Å²) in [6.45, 7) is 6.73. The number of thioether (sulfide) groups is 1. The highest BCUT2D eigenvalue weighted by molar-refractivity contribution is 7.98. The highest BCUT2D eigenvalue weighted by Gasteiger charge is 2.13. The fourth-order valence-electron chi connectivity index (χ4n) is 2.38. The Labute approximate surface area is 147 Å². The van der Waals surface area contributed by atoms with Crippen molar-refractivity contribution in [3.8, 4) is 5.75 Å². The van der Waals surface area contributed by atoms with Crippen LogP contribution in [0.15, 0.2) is 29.7 Å². The molecule has 0 aliphatic heterocycles. The van der Waals surface area contributed by atoms with Crippen molar-refractivity contribution in [3.63, 3.8) is 0 Å². The molecule has 0 unspecified atom stereocenters. The molecule has 2 aromatic rings. The second-order valence-corrected chi connectivity index (χ2v) is 6.59. The van der Waals surface area contributed by atoms with E-state index in [2.05, 4.69) is 35.2 Å². The van der Waals surface area contributed by atoms with E-state index < -0.39 is 0 Å². The van der Waals surface area contributed by atoms with Crippen molar-refractivity contribution >= 4 is 17.7 Å². The Bertz CT molecular complexity index is 715. The molecule has 5 nitrogen and oxygen atoms in total. The average Bonchev–Trinajstić information content (AvgIpc) is 2.59. The van der Waals surface area contributed by atoms with Crippen LogP contribution >= 0.6 is 11.8 Å². The Morgan fingerprint density at radius 1 is 1.29 bits per heavy atom. The molecule has 1 aromatic carbocycles. The van der Waals surface area contributed by atoms with Crippen molar-refractivity contribution in [2.75, 3.05) is 13.4 Å². The van der Waals surface area contributed by atoms with Gasteiger partial charge in [-0.3, -0.25) is 4.79 Å². The third-order valence-corrected chi connectivity index (χ3v) is 4.40. The Morgan fingerprint density at radius 3 is 2.50 bits per heavy atom. The standard InChI is InChI=1S/C18H23N3O2S/c1-11(2)15-7-13(12(3)6-16(15)23-4)8-19-17(22)14-9-20-18(24-5)21-10-14/h6-7,9-11H,8H2,1-5H3,(H,19,22). The number of methoxy groups -OCH3 is 1. The lowest BCUT2D eigenvalue weighted by atomic mass is 9.96. The van der Waals surface area contributed by atoms with E-state index in [4.69, 9.17) is 4.74 Å². The first kappa shape index (κ1) is 18.3. The molecule has 1 N–H and O–H groups in total. The molecule has 0 saturated carbocycles. The van der Waals surface area contributed by atoms with Crippen LogP contribution < -0.4 is 10.1 Å². The van der Waals surface area contributed by atoms with E-state index in [1.807, 2.05) is 19.2 Å². The number of carbonyl (C=O) groups excluding carboxylic acids is 1. The summed E-state index contributed by atoms with van der Waals surface area (Å²) in [5, 5.41) is 3.58. The van der Waals surface area contributed by atoms with E-state index >= 15 is 0 Å². The second kappa shape index (κ2) is 8.15. The SMILES string of the molecule is COc1cc(C)c(CNC(=O)c2cnc(SC)nc2)cc1C(C)C. The second-order valence-electron chi connectivity index (χ2n) is 5.82. The molecule has 24 heavy (non-hydrogen) atoms. The van der Waals surface area contributed by atoms with E-state index in [1.165, 1.54) is 11.8 Å². The van der Waals surface area contributed by atoms with Crippen molar-refractivity contribution in [2.45, 2.75) is 38.4 Å². The Balaban J connectivity index is 2.13. The van der Waals surface area contributed by atoms with Gasteiger partial charge in [0.1, 0.15) is 5.75 Å². The number of benzene rings is 1. The zero-order valence-electron chi connectivity index (χ0n) is 14.7. The number of rotatable bonds is 6. The lowest BCUT2D eigenvalue weighted by Crippen LogP contribution is -2.23. The fraction of sp³-hybridized carbons (Fsp3) is 0.389. The highest BCUT2D eigenvalue weighted by atomic mass is 32.2. The van der Waals surface area contributed by atoms with Crippen LogP contribution in [0.4, 0.5) is 0 Å². The number of ether oxygens (including phenoxy) is 1. The molecule has 0 aliphatic rings. The molecule has 0 spiro atoms. The molecule has 1 aromatic heterocycles. The monoisotopic (exact) mass is 345 g/mol. The van der Waals surface area contributed by atoms with E-state index in [-0.39, 0.29) is 5.91 Å². The van der Waals surface area contributed by atoms with Crippen LogP contribution in [0.1, 0.15) is 46.8 Å². The van der Waals surface area contributed by atoms with Crippen molar-refractivity contribution < 1.29 is 9.53 Å². The van der Waals surface area contributed by atoms with Crippen LogP contribution in [0.3, 0.4) is 0 Å². The van der Waals surface area contributed by atoms with Crippen LogP contribution in [-0.2, 0) is 6.54 Å². The van der Waals surface area contributed by atoms with Crippen LogP contribution in [0.2, 0.25) is 0 Å². The summed E-state index contributed by atoms with van der Waals surface area (Å²) in [5.41, 5.74) is 3.77. The normalized spacial score (nSPS) is 10.8. The van der Waals surface area contributed by atoms with Gasteiger partial charge in [0.25, 0.3) is 5.91 Å². The Morgan fingerprint density at radius 2 is 1.96 bits per heavy atom. The van der Waals surface area contributed by atoms with Gasteiger partial charge in [0, 0.05) is 18.9 Å². The van der Waals surface area contributed by atoms with Gasteiger partial charge in [-0.2, -0.15) is 0 Å². The van der Waals surface area contributed by atoms with E-state index in [0.29, 0.717) is 23.2 Å². The summed E-state index contributed by atoms with van der Waals surface area (Å²) < 4.78 is 5.45. The minimum Gasteiger partial charge on any atom is -0.496 e. The molecule has 2 rings (SSSR count). The molecule has 1 amide bonds. The summed E-state index contributed by atoms with van der Waals surface area (Å²) in [6.07, 6.45) is 5.00. The van der Waals surface area contributed by atoms with Crippen molar-refractivity contribution in [2.24, 2.45) is 0 Å². The summed E-state index contributed by atoms with van der Waals surface area (Å²) in [4.78, 5) is 20.5. The third-order valence-electron chi connectivity index (χ3n) is 3.82. The first-order valence-corrected chi connectivity index (χ1v) is 9.00. The summed E-state index contributed by atoms with van der Waals surface area (Å²) in [6, 6.07) is 4.12. The summed E-state index contributed by atoms with van der Waals surface area (Å²) in [5.74, 6) is 1.06. The molecular weight excluding hydrogens is 322 g/mol. The topological polar surface area (TPSA) is 64.1 Å². The maximum atomic E-state index is 12.2. The molecule has 6 heteroatoms. The lowest BCUT2D eigenvalue weighted by Gasteiger charge is -2.16. The van der Waals surface area contributed by atoms with Gasteiger partial charge in [-0.1, -0.05) is 25.6 Å². The molecule has 128 valence electrons. The molecule has 0 bridgehead atoms. The van der Waals surface area contributed by atoms with Gasteiger partial charge in [-0.05, 0) is 47.9 Å². The molecule has 0 radical (unpaired) electrons. The zero-order valence-corrected chi connectivity index (χ0v) is 15.5. The van der Waals surface area contributed by atoms with Gasteiger partial charge in [-0.15, -0.1) is 0 Å². The van der Waals surface area contributed by atoms with Crippen LogP contribution in [0.25, 0.3) is 0 Å². The number of hydrogen-bond acceptors (Lipinski definition) is 5. The smallest absolute Gasteiger partial charge is 0.254 e. The molecular formula is C18H23N3O2S. The maximum absolute atomic E-state index is 12.2. The number of hydrogen-bond donors (Lipinski definition) is 1. The number of aromatic nitrogens is 2. The van der Waals surface area contributed by atoms with Crippen molar-refractivity contribution in [1.82, 2.24) is 15.3 Å². The van der Waals surface area contributed by atoms with Crippen LogP contribution in [0, 0.1) is 6.92 Å². The van der Waals surface area contributed by atoms with Crippen LogP contribution in [-0.4, -0.2) is 29.2 Å². The maximum Gasteiger partial charge on any atom is 0.254 e. The summed E-state index contributed by atoms with van der Waals surface area (Å²) >= 11 is 1.44. The predicted octanol–water partition coefficient (Wildman–Crippen LogP) is 3.57. The zero-order chi connectivity index (χ0) is 17.7. The quantitative estimate of drug-likeness (QED) is 0.640. The van der Waals surface area contributed by atoms with Gasteiger partial charge >= 0.3 is 0 Å².